The van der Waals surface area contributed by atoms with E-state index in [1.807, 2.05) is 0 Å². The van der Waals surface area contributed by atoms with Gasteiger partial charge < -0.3 is 0 Å². The lowest BCUT2D eigenvalue weighted by Crippen LogP contribution is -2.83. The topological polar surface area (TPSA) is 23.8 Å². The second-order valence-corrected chi connectivity index (χ2v) is 7.20. The number of hydrogen-bond donors (Lipinski definition) is 0. The van der Waals surface area contributed by atoms with E-state index in [2.05, 4.69) is 30.3 Å². The van der Waals surface area contributed by atoms with Crippen LogP contribution in [-0.4, -0.2) is 0 Å². The van der Waals surface area contributed by atoms with Crippen LogP contribution >= 0.6 is 0 Å². The van der Waals surface area contributed by atoms with Crippen molar-refractivity contribution in [3.8, 4) is 6.07 Å². The molecule has 88 valence electrons. The third-order valence-corrected chi connectivity index (χ3v) is 7.43. The van der Waals surface area contributed by atoms with Gasteiger partial charge in [-0.3, -0.25) is 0 Å². The number of fused-ring (bicyclic) bond motifs is 5. The zero-order chi connectivity index (χ0) is 11.6. The molecule has 4 fully saturated rings. The van der Waals surface area contributed by atoms with Crippen LogP contribution in [0.4, 0.5) is 0 Å². The standard InChI is InChI=1S/C17H15N/c18-7-17-10-4-2-1-3-8(10)12-9-5-6-11(17)14-13(9)15(12)16(14)17/h1-4,9,11-16H,5-6H2/t9-,11-,12+,13-,14-,15+,16-,17-/m1/s1. The normalized spacial score (nSPS) is 59.4. The van der Waals surface area contributed by atoms with Crippen LogP contribution < -0.4 is 0 Å². The Kier molecular flexibility index (Phi) is 1.10. The predicted molar refractivity (Wildman–Crippen MR) is 66.6 cm³/mol. The van der Waals surface area contributed by atoms with Gasteiger partial charge in [0.2, 0.25) is 0 Å². The van der Waals surface area contributed by atoms with E-state index in [-0.39, 0.29) is 5.41 Å². The van der Waals surface area contributed by atoms with Crippen LogP contribution in [0.25, 0.3) is 0 Å². The van der Waals surface area contributed by atoms with E-state index in [1.54, 1.807) is 5.56 Å². The Morgan fingerprint density at radius 3 is 2.89 bits per heavy atom. The molecule has 8 atom stereocenters. The highest BCUT2D eigenvalue weighted by atomic mass is 14.9. The van der Waals surface area contributed by atoms with Gasteiger partial charge in [0.25, 0.3) is 0 Å². The van der Waals surface area contributed by atoms with E-state index in [1.165, 1.54) is 18.4 Å². The first-order valence-corrected chi connectivity index (χ1v) is 7.40. The molecule has 0 aliphatic heterocycles. The molecular formula is C17H15N. The van der Waals surface area contributed by atoms with Gasteiger partial charge in [-0.25, -0.2) is 0 Å². The fourth-order valence-corrected chi connectivity index (χ4v) is 7.18. The summed E-state index contributed by atoms with van der Waals surface area (Å²) >= 11 is 0. The van der Waals surface area contributed by atoms with Gasteiger partial charge in [0, 0.05) is 0 Å². The van der Waals surface area contributed by atoms with E-state index >= 15 is 0 Å². The maximum absolute atomic E-state index is 9.93. The van der Waals surface area contributed by atoms with Crippen molar-refractivity contribution in [2.45, 2.75) is 24.2 Å². The van der Waals surface area contributed by atoms with Crippen molar-refractivity contribution < 1.29 is 0 Å². The third-order valence-electron chi connectivity index (χ3n) is 7.43. The van der Waals surface area contributed by atoms with Crippen LogP contribution in [0.1, 0.15) is 29.9 Å². The van der Waals surface area contributed by atoms with Gasteiger partial charge in [0.1, 0.15) is 0 Å². The van der Waals surface area contributed by atoms with Crippen molar-refractivity contribution in [2.24, 2.45) is 35.5 Å². The molecular weight excluding hydrogens is 218 g/mol. The highest BCUT2D eigenvalue weighted by molar-refractivity contribution is 5.57. The molecule has 0 aromatic heterocycles. The summed E-state index contributed by atoms with van der Waals surface area (Å²) in [7, 11) is 0. The van der Waals surface area contributed by atoms with Crippen molar-refractivity contribution in [2.75, 3.05) is 0 Å². The lowest BCUT2D eigenvalue weighted by molar-refractivity contribution is -0.326. The van der Waals surface area contributed by atoms with Crippen LogP contribution in [0.3, 0.4) is 0 Å². The van der Waals surface area contributed by atoms with Crippen LogP contribution in [0.2, 0.25) is 0 Å². The number of benzene rings is 1. The Morgan fingerprint density at radius 2 is 2.00 bits per heavy atom. The summed E-state index contributed by atoms with van der Waals surface area (Å²) in [6.45, 7) is 0. The smallest absolute Gasteiger partial charge is 0.0889 e. The molecule has 0 unspecified atom stereocenters. The van der Waals surface area contributed by atoms with Gasteiger partial charge in [-0.2, -0.15) is 5.26 Å². The molecule has 1 heteroatoms. The summed E-state index contributed by atoms with van der Waals surface area (Å²) in [5.41, 5.74) is 2.93. The number of nitriles is 1. The molecule has 5 aliphatic carbocycles. The van der Waals surface area contributed by atoms with Crippen LogP contribution in [0, 0.1) is 46.8 Å². The van der Waals surface area contributed by atoms with Gasteiger partial charge in [0.15, 0.2) is 0 Å². The summed E-state index contributed by atoms with van der Waals surface area (Å²) in [4.78, 5) is 0. The maximum atomic E-state index is 9.93. The molecule has 0 saturated heterocycles. The van der Waals surface area contributed by atoms with Gasteiger partial charge in [-0.05, 0) is 65.4 Å². The average molecular weight is 233 g/mol. The Bertz CT molecular complexity index is 641. The zero-order valence-corrected chi connectivity index (χ0v) is 10.2. The number of hydrogen-bond acceptors (Lipinski definition) is 1. The van der Waals surface area contributed by atoms with E-state index < -0.39 is 0 Å². The van der Waals surface area contributed by atoms with E-state index in [4.69, 9.17) is 0 Å². The molecule has 0 N–H and O–H groups in total. The minimum atomic E-state index is -0.0652. The molecule has 0 heterocycles. The zero-order valence-electron chi connectivity index (χ0n) is 10.2. The first-order chi connectivity index (χ1) is 8.89. The monoisotopic (exact) mass is 233 g/mol. The fourth-order valence-electron chi connectivity index (χ4n) is 7.18. The second kappa shape index (κ2) is 2.27. The Balaban J connectivity index is 1.74. The molecule has 4 saturated carbocycles. The van der Waals surface area contributed by atoms with Crippen LogP contribution in [-0.2, 0) is 5.41 Å². The molecule has 1 nitrogen and oxygen atoms in total. The lowest BCUT2D eigenvalue weighted by atomic mass is 9.17. The van der Waals surface area contributed by atoms with Gasteiger partial charge in [-0.1, -0.05) is 24.3 Å². The molecule has 1 aromatic rings. The van der Waals surface area contributed by atoms with Gasteiger partial charge in [0.05, 0.1) is 11.5 Å². The van der Waals surface area contributed by atoms with Crippen molar-refractivity contribution in [3.05, 3.63) is 35.4 Å². The summed E-state index contributed by atoms with van der Waals surface area (Å²) in [6, 6.07) is 11.7. The van der Waals surface area contributed by atoms with Crippen molar-refractivity contribution in [1.29, 1.82) is 5.26 Å². The van der Waals surface area contributed by atoms with Crippen molar-refractivity contribution in [1.82, 2.24) is 0 Å². The first kappa shape index (κ1) is 8.75. The lowest BCUT2D eigenvalue weighted by Gasteiger charge is -2.85. The van der Waals surface area contributed by atoms with E-state index in [9.17, 15) is 5.26 Å². The molecule has 0 spiro atoms. The molecule has 18 heavy (non-hydrogen) atoms. The molecule has 5 aliphatic rings. The fraction of sp³-hybridized carbons (Fsp3) is 0.588. The Labute approximate surface area is 107 Å². The third kappa shape index (κ3) is 0.538. The molecule has 0 radical (unpaired) electrons. The van der Waals surface area contributed by atoms with Crippen molar-refractivity contribution in [3.63, 3.8) is 0 Å². The highest BCUT2D eigenvalue weighted by Gasteiger charge is 2.85. The molecule has 0 bridgehead atoms. The summed E-state index contributed by atoms with van der Waals surface area (Å²) in [6.07, 6.45) is 2.73. The van der Waals surface area contributed by atoms with Crippen LogP contribution in [0.15, 0.2) is 24.3 Å². The van der Waals surface area contributed by atoms with Gasteiger partial charge in [-0.15, -0.1) is 0 Å². The second-order valence-electron chi connectivity index (χ2n) is 7.20. The minimum Gasteiger partial charge on any atom is -0.197 e. The summed E-state index contributed by atoms with van der Waals surface area (Å²) < 4.78 is 0. The Morgan fingerprint density at radius 1 is 1.11 bits per heavy atom. The molecule has 0 amide bonds. The van der Waals surface area contributed by atoms with Crippen LogP contribution in [0.5, 0.6) is 0 Å². The summed E-state index contributed by atoms with van der Waals surface area (Å²) in [5, 5.41) is 9.93. The number of rotatable bonds is 0. The minimum absolute atomic E-state index is 0.0652. The van der Waals surface area contributed by atoms with E-state index in [0.717, 1.165) is 35.5 Å². The van der Waals surface area contributed by atoms with Gasteiger partial charge >= 0.3 is 0 Å². The highest BCUT2D eigenvalue weighted by Crippen LogP contribution is 2.87. The maximum Gasteiger partial charge on any atom is 0.0889 e. The average Bonchev–Trinajstić information content (AvgIpc) is 2.32. The SMILES string of the molecule is N#C[C@@]12c3ccccc3[C@H]3[C@H]4CC[C@@H]1[C@@H]1[C@@H]4[C@H]3[C@@H]12. The van der Waals surface area contributed by atoms with Crippen molar-refractivity contribution >= 4 is 0 Å². The quantitative estimate of drug-likeness (QED) is 0.675. The predicted octanol–water partition coefficient (Wildman–Crippen LogP) is 3.08. The van der Waals surface area contributed by atoms with E-state index in [0.29, 0.717) is 5.92 Å². The first-order valence-electron chi connectivity index (χ1n) is 7.40. The number of nitrogens with zero attached hydrogens (tertiary/aromatic N) is 1. The molecule has 6 rings (SSSR count). The summed E-state index contributed by atoms with van der Waals surface area (Å²) in [5.74, 6) is 6.11. The molecule has 1 aromatic carbocycles. The largest absolute Gasteiger partial charge is 0.197 e. The Hall–Kier alpha value is -1.29.